The summed E-state index contributed by atoms with van der Waals surface area (Å²) in [6, 6.07) is 14.1. The molecule has 0 saturated carbocycles. The number of halogens is 1. The molecule has 1 N–H and O–H groups in total. The first-order valence-corrected chi connectivity index (χ1v) is 8.91. The Balaban J connectivity index is 1.66. The molecule has 5 nitrogen and oxygen atoms in total. The molecule has 0 unspecified atom stereocenters. The van der Waals surface area contributed by atoms with E-state index < -0.39 is 5.97 Å². The molecule has 1 amide bonds. The highest BCUT2D eigenvalue weighted by atomic mass is 35.5. The molecule has 0 heterocycles. The second kappa shape index (κ2) is 9.96. The van der Waals surface area contributed by atoms with Gasteiger partial charge in [0.05, 0.1) is 7.11 Å². The van der Waals surface area contributed by atoms with Crippen molar-refractivity contribution in [3.8, 4) is 5.75 Å². The van der Waals surface area contributed by atoms with Gasteiger partial charge in [-0.15, -0.1) is 11.8 Å². The Bertz CT molecular complexity index is 721. The molecule has 0 saturated heterocycles. The summed E-state index contributed by atoms with van der Waals surface area (Å²) < 4.78 is 10.2. The largest absolute Gasteiger partial charge is 0.497 e. The number of rotatable bonds is 8. The number of thioether (sulfide) groups is 1. The van der Waals surface area contributed by atoms with Gasteiger partial charge in [0.2, 0.25) is 0 Å². The van der Waals surface area contributed by atoms with Gasteiger partial charge >= 0.3 is 5.97 Å². The number of hydrogen-bond donors (Lipinski definition) is 1. The Hall–Kier alpha value is -2.18. The zero-order valence-corrected chi connectivity index (χ0v) is 15.2. The fourth-order valence-electron chi connectivity index (χ4n) is 1.92. The van der Waals surface area contributed by atoms with Crippen LogP contribution in [0.25, 0.3) is 0 Å². The summed E-state index contributed by atoms with van der Waals surface area (Å²) in [6.45, 7) is 0.0861. The van der Waals surface area contributed by atoms with Gasteiger partial charge in [-0.1, -0.05) is 17.7 Å². The van der Waals surface area contributed by atoms with Crippen LogP contribution in [-0.4, -0.2) is 37.9 Å². The smallest absolute Gasteiger partial charge is 0.325 e. The summed E-state index contributed by atoms with van der Waals surface area (Å²) in [7, 11) is 1.52. The van der Waals surface area contributed by atoms with Gasteiger partial charge in [-0.25, -0.2) is 0 Å². The minimum absolute atomic E-state index is 0.179. The molecular formula is C18H18ClNO4S. The molecule has 132 valence electrons. The van der Waals surface area contributed by atoms with Crippen LogP contribution >= 0.6 is 23.4 Å². The van der Waals surface area contributed by atoms with Crippen LogP contribution in [0.15, 0.2) is 53.4 Å². The lowest BCUT2D eigenvalue weighted by Gasteiger charge is -2.07. The Kier molecular flexibility index (Phi) is 7.63. The van der Waals surface area contributed by atoms with E-state index in [2.05, 4.69) is 5.32 Å². The van der Waals surface area contributed by atoms with Crippen molar-refractivity contribution in [2.24, 2.45) is 0 Å². The fraction of sp³-hybridized carbons (Fsp3) is 0.222. The minimum atomic E-state index is -0.479. The summed E-state index contributed by atoms with van der Waals surface area (Å²) in [5.41, 5.74) is 0.422. The van der Waals surface area contributed by atoms with Gasteiger partial charge in [0.15, 0.2) is 0 Å². The molecule has 0 bridgehead atoms. The van der Waals surface area contributed by atoms with Gasteiger partial charge in [0.25, 0.3) is 5.91 Å². The monoisotopic (exact) mass is 379 g/mol. The SMILES string of the molecule is COc1cccc(C(=O)NCC(=O)OCCSc2ccc(Cl)cc2)c1. The summed E-state index contributed by atoms with van der Waals surface area (Å²) >= 11 is 7.38. The molecule has 2 rings (SSSR count). The lowest BCUT2D eigenvalue weighted by atomic mass is 10.2. The van der Waals surface area contributed by atoms with Crippen LogP contribution in [0, 0.1) is 0 Å². The molecule has 0 aliphatic rings. The van der Waals surface area contributed by atoms with Crippen LogP contribution in [0.3, 0.4) is 0 Å². The van der Waals surface area contributed by atoms with Crippen molar-refractivity contribution in [3.05, 3.63) is 59.1 Å². The number of esters is 1. The van der Waals surface area contributed by atoms with Crippen LogP contribution < -0.4 is 10.1 Å². The molecular weight excluding hydrogens is 362 g/mol. The Morgan fingerprint density at radius 2 is 1.92 bits per heavy atom. The third kappa shape index (κ3) is 6.68. The van der Waals surface area contributed by atoms with E-state index in [9.17, 15) is 9.59 Å². The first-order valence-electron chi connectivity index (χ1n) is 7.55. The Morgan fingerprint density at radius 3 is 2.64 bits per heavy atom. The summed E-state index contributed by atoms with van der Waals surface area (Å²) in [5.74, 6) is 0.366. The predicted octanol–water partition coefficient (Wildman–Crippen LogP) is 3.41. The van der Waals surface area contributed by atoms with E-state index in [-0.39, 0.29) is 19.1 Å². The average Bonchev–Trinajstić information content (AvgIpc) is 2.64. The van der Waals surface area contributed by atoms with Gasteiger partial charge in [-0.2, -0.15) is 0 Å². The van der Waals surface area contributed by atoms with Crippen molar-refractivity contribution in [2.75, 3.05) is 26.0 Å². The van der Waals surface area contributed by atoms with Gasteiger partial charge in [0, 0.05) is 21.2 Å². The highest BCUT2D eigenvalue weighted by Crippen LogP contribution is 2.19. The number of carbonyl (C=O) groups excluding carboxylic acids is 2. The molecule has 7 heteroatoms. The predicted molar refractivity (Wildman–Crippen MR) is 98.5 cm³/mol. The van der Waals surface area contributed by atoms with Crippen molar-refractivity contribution < 1.29 is 19.1 Å². The number of amides is 1. The summed E-state index contributed by atoms with van der Waals surface area (Å²) in [5, 5.41) is 3.21. The molecule has 0 radical (unpaired) electrons. The van der Waals surface area contributed by atoms with Crippen LogP contribution in [0.2, 0.25) is 5.02 Å². The molecule has 0 atom stereocenters. The van der Waals surface area contributed by atoms with E-state index in [1.165, 1.54) is 7.11 Å². The third-order valence-electron chi connectivity index (χ3n) is 3.15. The summed E-state index contributed by atoms with van der Waals surface area (Å²) in [6.07, 6.45) is 0. The average molecular weight is 380 g/mol. The molecule has 0 aromatic heterocycles. The van der Waals surface area contributed by atoms with Gasteiger partial charge < -0.3 is 14.8 Å². The standard InChI is InChI=1S/C18H18ClNO4S/c1-23-15-4-2-3-13(11-15)18(22)20-12-17(21)24-9-10-25-16-7-5-14(19)6-8-16/h2-8,11H,9-10,12H2,1H3,(H,20,22). The molecule has 2 aromatic rings. The van der Waals surface area contributed by atoms with Gasteiger partial charge in [-0.3, -0.25) is 9.59 Å². The van der Waals surface area contributed by atoms with Crippen molar-refractivity contribution in [3.63, 3.8) is 0 Å². The number of methoxy groups -OCH3 is 1. The highest BCUT2D eigenvalue weighted by molar-refractivity contribution is 7.99. The molecule has 25 heavy (non-hydrogen) atoms. The molecule has 2 aromatic carbocycles. The summed E-state index contributed by atoms with van der Waals surface area (Å²) in [4.78, 5) is 24.7. The van der Waals surface area contributed by atoms with Crippen molar-refractivity contribution in [1.82, 2.24) is 5.32 Å². The Labute approximate surface area is 155 Å². The van der Waals surface area contributed by atoms with Gasteiger partial charge in [-0.05, 0) is 42.5 Å². The lowest BCUT2D eigenvalue weighted by Crippen LogP contribution is -2.30. The van der Waals surface area contributed by atoms with Crippen LogP contribution in [0.1, 0.15) is 10.4 Å². The molecule has 0 fully saturated rings. The number of benzene rings is 2. The van der Waals surface area contributed by atoms with Crippen LogP contribution in [0.4, 0.5) is 0 Å². The number of nitrogens with one attached hydrogen (secondary N) is 1. The number of carbonyl (C=O) groups is 2. The minimum Gasteiger partial charge on any atom is -0.497 e. The molecule has 0 aliphatic heterocycles. The van der Waals surface area contributed by atoms with E-state index in [1.54, 1.807) is 36.0 Å². The van der Waals surface area contributed by atoms with Crippen molar-refractivity contribution >= 4 is 35.2 Å². The topological polar surface area (TPSA) is 64.6 Å². The first-order chi connectivity index (χ1) is 12.1. The maximum absolute atomic E-state index is 12.0. The van der Waals surface area contributed by atoms with Gasteiger partial charge in [0.1, 0.15) is 18.9 Å². The zero-order chi connectivity index (χ0) is 18.1. The highest BCUT2D eigenvalue weighted by Gasteiger charge is 2.09. The zero-order valence-electron chi connectivity index (χ0n) is 13.7. The number of hydrogen-bond acceptors (Lipinski definition) is 5. The van der Waals surface area contributed by atoms with E-state index in [4.69, 9.17) is 21.1 Å². The maximum atomic E-state index is 12.0. The second-order valence-electron chi connectivity index (χ2n) is 4.94. The Morgan fingerprint density at radius 1 is 1.16 bits per heavy atom. The third-order valence-corrected chi connectivity index (χ3v) is 4.38. The maximum Gasteiger partial charge on any atom is 0.325 e. The second-order valence-corrected chi connectivity index (χ2v) is 6.54. The quantitative estimate of drug-likeness (QED) is 0.432. The van der Waals surface area contributed by atoms with Crippen molar-refractivity contribution in [2.45, 2.75) is 4.90 Å². The normalized spacial score (nSPS) is 10.2. The fourth-order valence-corrected chi connectivity index (χ4v) is 2.77. The van der Waals surface area contributed by atoms with E-state index in [0.29, 0.717) is 22.1 Å². The van der Waals surface area contributed by atoms with E-state index in [1.807, 2.05) is 24.3 Å². The van der Waals surface area contributed by atoms with Crippen LogP contribution in [-0.2, 0) is 9.53 Å². The molecule has 0 spiro atoms. The number of ether oxygens (including phenoxy) is 2. The lowest BCUT2D eigenvalue weighted by molar-refractivity contribution is -0.141. The van der Waals surface area contributed by atoms with E-state index in [0.717, 1.165) is 4.90 Å². The van der Waals surface area contributed by atoms with Crippen LogP contribution in [0.5, 0.6) is 5.75 Å². The van der Waals surface area contributed by atoms with Crippen molar-refractivity contribution in [1.29, 1.82) is 0 Å². The molecule has 0 aliphatic carbocycles. The first kappa shape index (κ1) is 19.1. The van der Waals surface area contributed by atoms with E-state index >= 15 is 0 Å².